The first-order valence-electron chi connectivity index (χ1n) is 3.18. The van der Waals surface area contributed by atoms with Gasteiger partial charge in [-0.1, -0.05) is 0 Å². The normalized spacial score (nSPS) is 9.82. The number of rotatable bonds is 1. The second-order valence-electron chi connectivity index (χ2n) is 2.01. The molecule has 0 amide bonds. The van der Waals surface area contributed by atoms with Crippen molar-refractivity contribution in [1.82, 2.24) is 30.6 Å². The minimum absolute atomic E-state index is 0.970. The number of pyridine rings is 1. The molecule has 0 aliphatic carbocycles. The molecule has 0 atom stereocenters. The SMILES string of the molecule is c1cc(-n2[nH][nH][nH][nH]2)ccn1. The Labute approximate surface area is 61.8 Å². The van der Waals surface area contributed by atoms with Gasteiger partial charge >= 0.3 is 0 Å². The highest BCUT2D eigenvalue weighted by atomic mass is 15.7. The van der Waals surface area contributed by atoms with E-state index in [1.165, 1.54) is 0 Å². The molecule has 2 heterocycles. The van der Waals surface area contributed by atoms with E-state index in [2.05, 4.69) is 25.8 Å². The fraction of sp³-hybridized carbons (Fsp3) is 0. The van der Waals surface area contributed by atoms with Gasteiger partial charge in [-0.25, -0.2) is 20.9 Å². The first-order chi connectivity index (χ1) is 5.47. The summed E-state index contributed by atoms with van der Waals surface area (Å²) in [6, 6.07) is 3.74. The molecule has 2 rings (SSSR count). The topological polar surface area (TPSA) is 81.0 Å². The van der Waals surface area contributed by atoms with E-state index in [1.807, 2.05) is 12.1 Å². The highest BCUT2D eigenvalue weighted by molar-refractivity contribution is 5.24. The van der Waals surface area contributed by atoms with Crippen molar-refractivity contribution in [2.24, 2.45) is 0 Å². The Morgan fingerprint density at radius 3 is 2.36 bits per heavy atom. The molecule has 6 heteroatoms. The van der Waals surface area contributed by atoms with Gasteiger partial charge in [-0.15, -0.1) is 0 Å². The van der Waals surface area contributed by atoms with Crippen LogP contribution in [0.25, 0.3) is 5.69 Å². The predicted octanol–water partition coefficient (Wildman–Crippen LogP) is 0.309. The average molecular weight is 152 g/mol. The predicted molar refractivity (Wildman–Crippen MR) is 38.6 cm³/mol. The molecule has 0 fully saturated rings. The van der Waals surface area contributed by atoms with Crippen molar-refractivity contribution in [1.29, 1.82) is 0 Å². The third-order valence-corrected chi connectivity index (χ3v) is 1.32. The Morgan fingerprint density at radius 2 is 1.73 bits per heavy atom. The summed E-state index contributed by atoms with van der Waals surface area (Å²) in [7, 11) is 0. The molecule has 0 radical (unpaired) electrons. The van der Waals surface area contributed by atoms with Crippen LogP contribution < -0.4 is 0 Å². The summed E-state index contributed by atoms with van der Waals surface area (Å²) >= 11 is 0. The molecule has 4 N–H and O–H groups in total. The molecule has 0 unspecified atom stereocenters. The van der Waals surface area contributed by atoms with Crippen molar-refractivity contribution in [2.45, 2.75) is 0 Å². The van der Waals surface area contributed by atoms with Crippen molar-refractivity contribution in [3.8, 4) is 5.69 Å². The molecule has 0 aromatic carbocycles. The van der Waals surface area contributed by atoms with Gasteiger partial charge in [0.05, 0.1) is 5.69 Å². The first-order valence-corrected chi connectivity index (χ1v) is 3.18. The Bertz CT molecular complexity index is 314. The molecule has 0 saturated heterocycles. The van der Waals surface area contributed by atoms with Gasteiger partial charge in [0.2, 0.25) is 0 Å². The number of aromatic nitrogens is 6. The molecule has 0 aliphatic rings. The van der Waals surface area contributed by atoms with Gasteiger partial charge in [0.15, 0.2) is 0 Å². The zero-order chi connectivity index (χ0) is 7.52. The molecule has 2 aromatic heterocycles. The fourth-order valence-electron chi connectivity index (χ4n) is 0.818. The Morgan fingerprint density at radius 1 is 1.09 bits per heavy atom. The summed E-state index contributed by atoms with van der Waals surface area (Å²) in [6.45, 7) is 0. The summed E-state index contributed by atoms with van der Waals surface area (Å²) in [5, 5.41) is 10.9. The highest BCUT2D eigenvalue weighted by Crippen LogP contribution is 1.97. The quantitative estimate of drug-likeness (QED) is 0.466. The van der Waals surface area contributed by atoms with E-state index in [0.29, 0.717) is 0 Å². The van der Waals surface area contributed by atoms with Crippen molar-refractivity contribution in [2.75, 3.05) is 0 Å². The van der Waals surface area contributed by atoms with Crippen LogP contribution in [0.5, 0.6) is 0 Å². The number of nitrogens with zero attached hydrogens (tertiary/aromatic N) is 2. The number of hydrogen-bond acceptors (Lipinski definition) is 1. The third kappa shape index (κ3) is 1.05. The molecular weight excluding hydrogens is 144 g/mol. The molecule has 58 valence electrons. The zero-order valence-electron chi connectivity index (χ0n) is 5.70. The Hall–Kier alpha value is -1.85. The minimum Gasteiger partial charge on any atom is -0.265 e. The van der Waals surface area contributed by atoms with Crippen molar-refractivity contribution < 1.29 is 0 Å². The molecule has 6 nitrogen and oxygen atoms in total. The fourth-order valence-corrected chi connectivity index (χ4v) is 0.818. The smallest absolute Gasteiger partial charge is 0.0873 e. The first kappa shape index (κ1) is 5.90. The van der Waals surface area contributed by atoms with E-state index >= 15 is 0 Å². The molecule has 11 heavy (non-hydrogen) atoms. The molecule has 0 saturated carbocycles. The lowest BCUT2D eigenvalue weighted by Crippen LogP contribution is -1.98. The van der Waals surface area contributed by atoms with Gasteiger partial charge in [-0.3, -0.25) is 4.98 Å². The maximum absolute atomic E-state index is 3.89. The Balaban J connectivity index is 2.46. The van der Waals surface area contributed by atoms with E-state index in [0.717, 1.165) is 5.69 Å². The molecule has 0 aliphatic heterocycles. The van der Waals surface area contributed by atoms with Crippen LogP contribution in [0.1, 0.15) is 0 Å². The van der Waals surface area contributed by atoms with E-state index in [1.54, 1.807) is 17.2 Å². The average Bonchev–Trinajstić information content (AvgIpc) is 2.58. The monoisotopic (exact) mass is 152 g/mol. The van der Waals surface area contributed by atoms with Crippen LogP contribution in [-0.2, 0) is 0 Å². The molecule has 2 aromatic rings. The van der Waals surface area contributed by atoms with Crippen LogP contribution in [0, 0.1) is 0 Å². The number of nitrogens with one attached hydrogen (secondary N) is 4. The molecule has 0 spiro atoms. The lowest BCUT2D eigenvalue weighted by Gasteiger charge is -1.96. The van der Waals surface area contributed by atoms with Gasteiger partial charge in [0.1, 0.15) is 0 Å². The van der Waals surface area contributed by atoms with Gasteiger partial charge in [0.25, 0.3) is 0 Å². The minimum atomic E-state index is 0.970. The summed E-state index contributed by atoms with van der Waals surface area (Å²) in [6.07, 6.45) is 3.44. The summed E-state index contributed by atoms with van der Waals surface area (Å²) in [5.41, 5.74) is 0.970. The highest BCUT2D eigenvalue weighted by Gasteiger charge is 1.89. The second kappa shape index (κ2) is 2.41. The van der Waals surface area contributed by atoms with Crippen molar-refractivity contribution >= 4 is 0 Å². The van der Waals surface area contributed by atoms with E-state index < -0.39 is 0 Å². The molecular formula is C5H8N6. The van der Waals surface area contributed by atoms with Crippen LogP contribution >= 0.6 is 0 Å². The van der Waals surface area contributed by atoms with Crippen LogP contribution in [0.2, 0.25) is 0 Å². The zero-order valence-corrected chi connectivity index (χ0v) is 5.70. The standard InChI is InChI=1S/C5H8N6/c1-3-6-4-2-5(1)11-9-7-8-10-11/h1-4,7-10H. The third-order valence-electron chi connectivity index (χ3n) is 1.32. The summed E-state index contributed by atoms with van der Waals surface area (Å²) in [5.74, 6) is 0. The van der Waals surface area contributed by atoms with Crippen LogP contribution in [0.15, 0.2) is 24.5 Å². The number of H-pyrrole nitrogens is 4. The van der Waals surface area contributed by atoms with E-state index in [4.69, 9.17) is 0 Å². The second-order valence-corrected chi connectivity index (χ2v) is 2.01. The van der Waals surface area contributed by atoms with Crippen LogP contribution in [0.4, 0.5) is 0 Å². The van der Waals surface area contributed by atoms with E-state index in [-0.39, 0.29) is 0 Å². The maximum atomic E-state index is 3.89. The number of aromatic amines is 4. The van der Waals surface area contributed by atoms with E-state index in [9.17, 15) is 0 Å². The van der Waals surface area contributed by atoms with Crippen LogP contribution in [-0.4, -0.2) is 30.6 Å². The van der Waals surface area contributed by atoms with Crippen LogP contribution in [0.3, 0.4) is 0 Å². The largest absolute Gasteiger partial charge is 0.265 e. The Kier molecular flexibility index (Phi) is 1.29. The maximum Gasteiger partial charge on any atom is 0.0873 e. The lowest BCUT2D eigenvalue weighted by molar-refractivity contribution is 0.711. The van der Waals surface area contributed by atoms with Gasteiger partial charge < -0.3 is 0 Å². The van der Waals surface area contributed by atoms with Crippen molar-refractivity contribution in [3.05, 3.63) is 24.5 Å². The van der Waals surface area contributed by atoms with Crippen molar-refractivity contribution in [3.63, 3.8) is 0 Å². The molecule has 0 bridgehead atoms. The van der Waals surface area contributed by atoms with Gasteiger partial charge in [-0.05, 0) is 12.1 Å². The number of hydrogen-bond donors (Lipinski definition) is 4. The lowest BCUT2D eigenvalue weighted by atomic mass is 10.4. The summed E-state index contributed by atoms with van der Waals surface area (Å²) < 4.78 is 0. The van der Waals surface area contributed by atoms with Gasteiger partial charge in [0, 0.05) is 12.4 Å². The van der Waals surface area contributed by atoms with Gasteiger partial charge in [-0.2, -0.15) is 4.80 Å². The summed E-state index contributed by atoms with van der Waals surface area (Å²) in [4.78, 5) is 5.58.